The van der Waals surface area contributed by atoms with Crippen molar-refractivity contribution in [3.63, 3.8) is 0 Å². The molecule has 2 unspecified atom stereocenters. The Morgan fingerprint density at radius 2 is 2.25 bits per heavy atom. The molecule has 4 N–H and O–H groups in total. The number of hydrogen-bond donors (Lipinski definition) is 3. The highest BCUT2D eigenvalue weighted by Gasteiger charge is 2.20. The summed E-state index contributed by atoms with van der Waals surface area (Å²) >= 11 is 1.76. The first-order chi connectivity index (χ1) is 7.56. The van der Waals surface area contributed by atoms with Gasteiger partial charge in [-0.05, 0) is 19.1 Å². The van der Waals surface area contributed by atoms with E-state index in [0.29, 0.717) is 18.2 Å². The highest BCUT2D eigenvalue weighted by atomic mass is 32.2. The third-order valence-corrected chi connectivity index (χ3v) is 3.49. The van der Waals surface area contributed by atoms with Gasteiger partial charge in [0.25, 0.3) is 0 Å². The third kappa shape index (κ3) is 5.25. The summed E-state index contributed by atoms with van der Waals surface area (Å²) in [5.41, 5.74) is 5.42. The lowest BCUT2D eigenvalue weighted by atomic mass is 10.0. The molecule has 0 saturated carbocycles. The molecular formula is C10H21N3O2S. The highest BCUT2D eigenvalue weighted by molar-refractivity contribution is 7.99. The molecule has 0 aliphatic heterocycles. The Hall–Kier alpha value is -0.910. The maximum atomic E-state index is 11.7. The predicted molar refractivity (Wildman–Crippen MR) is 67.8 cm³/mol. The number of carbonyl (C=O) groups excluding carboxylic acids is 1. The van der Waals surface area contributed by atoms with E-state index in [4.69, 9.17) is 10.9 Å². The van der Waals surface area contributed by atoms with E-state index in [2.05, 4.69) is 17.4 Å². The second kappa shape index (κ2) is 8.27. The highest BCUT2D eigenvalue weighted by Crippen LogP contribution is 2.08. The van der Waals surface area contributed by atoms with Gasteiger partial charge in [0, 0.05) is 11.8 Å². The Labute approximate surface area is 101 Å². The second-order valence-electron chi connectivity index (χ2n) is 3.61. The molecule has 2 atom stereocenters. The number of amidine groups is 1. The zero-order valence-electron chi connectivity index (χ0n) is 10.1. The van der Waals surface area contributed by atoms with Crippen LogP contribution in [0.5, 0.6) is 0 Å². The van der Waals surface area contributed by atoms with E-state index in [1.165, 1.54) is 0 Å². The number of nitrogens with one attached hydrogen (secondary N) is 1. The average Bonchev–Trinajstić information content (AvgIpc) is 2.29. The Morgan fingerprint density at radius 1 is 1.62 bits per heavy atom. The molecule has 5 nitrogen and oxygen atoms in total. The molecule has 0 rings (SSSR count). The molecule has 94 valence electrons. The fraction of sp³-hybridized carbons (Fsp3) is 0.800. The lowest BCUT2D eigenvalue weighted by Crippen LogP contribution is -2.39. The first kappa shape index (κ1) is 15.1. The van der Waals surface area contributed by atoms with Crippen LogP contribution in [-0.2, 0) is 4.79 Å². The summed E-state index contributed by atoms with van der Waals surface area (Å²) in [7, 11) is 0. The smallest absolute Gasteiger partial charge is 0.230 e. The normalized spacial score (nSPS) is 15.6. The van der Waals surface area contributed by atoms with Crippen LogP contribution in [0.1, 0.15) is 26.7 Å². The van der Waals surface area contributed by atoms with Gasteiger partial charge in [-0.2, -0.15) is 11.8 Å². The van der Waals surface area contributed by atoms with Crippen molar-refractivity contribution in [1.82, 2.24) is 5.32 Å². The van der Waals surface area contributed by atoms with E-state index >= 15 is 0 Å². The number of amides is 1. The molecule has 1 amide bonds. The van der Waals surface area contributed by atoms with Gasteiger partial charge in [-0.15, -0.1) is 0 Å². The van der Waals surface area contributed by atoms with Gasteiger partial charge in [0.1, 0.15) is 0 Å². The van der Waals surface area contributed by atoms with Gasteiger partial charge in [0.05, 0.1) is 5.92 Å². The number of hydrogen-bond acceptors (Lipinski definition) is 4. The van der Waals surface area contributed by atoms with Gasteiger partial charge < -0.3 is 16.3 Å². The van der Waals surface area contributed by atoms with Crippen LogP contribution in [0.15, 0.2) is 5.16 Å². The quantitative estimate of drug-likeness (QED) is 0.271. The van der Waals surface area contributed by atoms with Gasteiger partial charge in [0.2, 0.25) is 5.91 Å². The molecule has 16 heavy (non-hydrogen) atoms. The van der Waals surface area contributed by atoms with Gasteiger partial charge in [-0.1, -0.05) is 19.0 Å². The van der Waals surface area contributed by atoms with Crippen LogP contribution in [-0.4, -0.2) is 35.0 Å². The summed E-state index contributed by atoms with van der Waals surface area (Å²) < 4.78 is 0. The van der Waals surface area contributed by atoms with E-state index in [0.717, 1.165) is 6.42 Å². The fourth-order valence-corrected chi connectivity index (χ4v) is 1.59. The minimum Gasteiger partial charge on any atom is -0.409 e. The summed E-state index contributed by atoms with van der Waals surface area (Å²) in [4.78, 5) is 11.7. The molecule has 0 heterocycles. The lowest BCUT2D eigenvalue weighted by molar-refractivity contribution is -0.123. The molecule has 0 aliphatic rings. The molecule has 0 aromatic rings. The Bertz CT molecular complexity index is 246. The average molecular weight is 247 g/mol. The maximum absolute atomic E-state index is 11.7. The third-order valence-electron chi connectivity index (χ3n) is 2.45. The first-order valence-corrected chi connectivity index (χ1v) is 6.63. The van der Waals surface area contributed by atoms with Gasteiger partial charge in [0.15, 0.2) is 5.84 Å². The predicted octanol–water partition coefficient (Wildman–Crippen LogP) is 1.02. The van der Waals surface area contributed by atoms with Crippen LogP contribution in [0.25, 0.3) is 0 Å². The topological polar surface area (TPSA) is 87.7 Å². The molecule has 0 spiro atoms. The van der Waals surface area contributed by atoms with Crippen LogP contribution in [0, 0.1) is 5.92 Å². The summed E-state index contributed by atoms with van der Waals surface area (Å²) in [6, 6.07) is 0. The number of carbonyl (C=O) groups is 1. The van der Waals surface area contributed by atoms with Crippen LogP contribution >= 0.6 is 11.8 Å². The maximum Gasteiger partial charge on any atom is 0.230 e. The van der Waals surface area contributed by atoms with E-state index < -0.39 is 5.92 Å². The molecule has 0 aromatic carbocycles. The molecule has 0 fully saturated rings. The van der Waals surface area contributed by atoms with Crippen molar-refractivity contribution in [2.24, 2.45) is 16.8 Å². The van der Waals surface area contributed by atoms with E-state index in [-0.39, 0.29) is 11.7 Å². The van der Waals surface area contributed by atoms with Crippen molar-refractivity contribution >= 4 is 23.5 Å². The molecule has 6 heteroatoms. The molecule has 0 aromatic heterocycles. The number of nitrogens with two attached hydrogens (primary N) is 1. The van der Waals surface area contributed by atoms with Crippen LogP contribution < -0.4 is 11.1 Å². The van der Waals surface area contributed by atoms with Gasteiger partial charge >= 0.3 is 0 Å². The zero-order valence-corrected chi connectivity index (χ0v) is 10.9. The Kier molecular flexibility index (Phi) is 7.80. The van der Waals surface area contributed by atoms with Crippen molar-refractivity contribution in [3.8, 4) is 0 Å². The fourth-order valence-electron chi connectivity index (χ4n) is 1.24. The van der Waals surface area contributed by atoms with Gasteiger partial charge in [-0.25, -0.2) is 0 Å². The first-order valence-electron chi connectivity index (χ1n) is 5.34. The van der Waals surface area contributed by atoms with Crippen molar-refractivity contribution in [3.05, 3.63) is 0 Å². The standard InChI is InChI=1S/C10H21N3O2S/c1-4-8(9(11)13-15)10(14)12-6-5-7(2)16-3/h7-8,15H,4-6H2,1-3H3,(H2,11,13)(H,12,14). The number of thioether (sulfide) groups is 1. The molecule has 0 bridgehead atoms. The van der Waals surface area contributed by atoms with Crippen LogP contribution in [0.2, 0.25) is 0 Å². The molecule has 0 aliphatic carbocycles. The van der Waals surface area contributed by atoms with Crippen molar-refractivity contribution in [1.29, 1.82) is 0 Å². The van der Waals surface area contributed by atoms with Gasteiger partial charge in [-0.3, -0.25) is 4.79 Å². The van der Waals surface area contributed by atoms with Crippen molar-refractivity contribution in [2.75, 3.05) is 12.8 Å². The summed E-state index contributed by atoms with van der Waals surface area (Å²) in [6.45, 7) is 4.56. The minimum absolute atomic E-state index is 0.0297. The molecule has 0 radical (unpaired) electrons. The lowest BCUT2D eigenvalue weighted by Gasteiger charge is -2.14. The van der Waals surface area contributed by atoms with Crippen LogP contribution in [0.4, 0.5) is 0 Å². The van der Waals surface area contributed by atoms with E-state index in [1.54, 1.807) is 11.8 Å². The number of oxime groups is 1. The molecule has 0 saturated heterocycles. The van der Waals surface area contributed by atoms with Crippen LogP contribution in [0.3, 0.4) is 0 Å². The SMILES string of the molecule is CCC(C(=O)NCCC(C)SC)C(N)=NO. The second-order valence-corrected chi connectivity index (χ2v) is 4.89. The van der Waals surface area contributed by atoms with E-state index in [9.17, 15) is 4.79 Å². The Morgan fingerprint density at radius 3 is 2.69 bits per heavy atom. The molecular weight excluding hydrogens is 226 g/mol. The Balaban J connectivity index is 4.04. The monoisotopic (exact) mass is 247 g/mol. The largest absolute Gasteiger partial charge is 0.409 e. The number of rotatable bonds is 7. The summed E-state index contributed by atoms with van der Waals surface area (Å²) in [6.07, 6.45) is 3.48. The summed E-state index contributed by atoms with van der Waals surface area (Å²) in [5.74, 6) is -0.737. The zero-order chi connectivity index (χ0) is 12.6. The van der Waals surface area contributed by atoms with E-state index in [1.807, 2.05) is 13.2 Å². The van der Waals surface area contributed by atoms with Crippen molar-refractivity contribution in [2.45, 2.75) is 31.9 Å². The minimum atomic E-state index is -0.533. The number of nitrogens with zero attached hydrogens (tertiary/aromatic N) is 1. The summed E-state index contributed by atoms with van der Waals surface area (Å²) in [5, 5.41) is 14.7. The van der Waals surface area contributed by atoms with Crippen molar-refractivity contribution < 1.29 is 10.0 Å².